The zero-order valence-corrected chi connectivity index (χ0v) is 24.3. The summed E-state index contributed by atoms with van der Waals surface area (Å²) in [7, 11) is 1.62. The molecule has 6 nitrogen and oxygen atoms in total. The smallest absolute Gasteiger partial charge is 0.242 e. The summed E-state index contributed by atoms with van der Waals surface area (Å²) >= 11 is 0. The van der Waals surface area contributed by atoms with Gasteiger partial charge < -0.3 is 19.5 Å². The van der Waals surface area contributed by atoms with Crippen LogP contribution in [0.2, 0.25) is 0 Å². The fourth-order valence-electron chi connectivity index (χ4n) is 5.28. The molecule has 0 radical (unpaired) electrons. The number of aryl methyl sites for hydroxylation is 1. The maximum atomic E-state index is 14.0. The van der Waals surface area contributed by atoms with Crippen LogP contribution in [-0.2, 0) is 35.5 Å². The Morgan fingerprint density at radius 3 is 2.23 bits per heavy atom. The van der Waals surface area contributed by atoms with Gasteiger partial charge in [-0.3, -0.25) is 9.59 Å². The van der Waals surface area contributed by atoms with Gasteiger partial charge in [0.2, 0.25) is 11.8 Å². The highest BCUT2D eigenvalue weighted by Gasteiger charge is 2.23. The molecule has 5 rings (SSSR count). The Hall–Kier alpha value is -4.91. The molecule has 0 aliphatic heterocycles. The van der Waals surface area contributed by atoms with E-state index in [9.17, 15) is 14.0 Å². The van der Waals surface area contributed by atoms with Gasteiger partial charge >= 0.3 is 0 Å². The van der Waals surface area contributed by atoms with Crippen molar-refractivity contribution in [2.75, 3.05) is 20.2 Å². The summed E-state index contributed by atoms with van der Waals surface area (Å²) in [4.78, 5) is 34.3. The number of amides is 2. The van der Waals surface area contributed by atoms with Crippen molar-refractivity contribution in [1.82, 2.24) is 14.8 Å². The number of carbonyl (C=O) groups is 2. The predicted octanol–water partition coefficient (Wildman–Crippen LogP) is 6.55. The number of aromatic nitrogens is 1. The fourth-order valence-corrected chi connectivity index (χ4v) is 5.28. The Bertz CT molecular complexity index is 1650. The number of rotatable bonds is 13. The van der Waals surface area contributed by atoms with Gasteiger partial charge in [0, 0.05) is 48.7 Å². The predicted molar refractivity (Wildman–Crippen MR) is 167 cm³/mol. The summed E-state index contributed by atoms with van der Waals surface area (Å²) in [6, 6.07) is 31.6. The molecule has 0 fully saturated rings. The van der Waals surface area contributed by atoms with Crippen LogP contribution in [0.3, 0.4) is 0 Å². The van der Waals surface area contributed by atoms with Crippen molar-refractivity contribution >= 4 is 22.7 Å². The van der Waals surface area contributed by atoms with Crippen LogP contribution in [0.5, 0.6) is 5.75 Å². The molecule has 2 amide bonds. The Labute approximate surface area is 251 Å². The number of carbonyl (C=O) groups excluding carboxylic acids is 2. The molecule has 0 bridgehead atoms. The Balaban J connectivity index is 1.37. The quantitative estimate of drug-likeness (QED) is 0.173. The number of benzene rings is 4. The van der Waals surface area contributed by atoms with E-state index in [-0.39, 0.29) is 37.1 Å². The van der Waals surface area contributed by atoms with Gasteiger partial charge in [-0.2, -0.15) is 0 Å². The molecule has 4 aromatic carbocycles. The first-order chi connectivity index (χ1) is 21.0. The zero-order chi connectivity index (χ0) is 30.0. The first kappa shape index (κ1) is 29.6. The number of methoxy groups -OCH3 is 1. The molecule has 0 aliphatic carbocycles. The molecule has 43 heavy (non-hydrogen) atoms. The molecule has 0 spiro atoms. The second kappa shape index (κ2) is 14.3. The monoisotopic (exact) mass is 577 g/mol. The minimum Gasteiger partial charge on any atom is -0.496 e. The molecular weight excluding hydrogens is 541 g/mol. The lowest BCUT2D eigenvalue weighted by molar-refractivity contribution is -0.141. The molecule has 220 valence electrons. The van der Waals surface area contributed by atoms with Crippen molar-refractivity contribution in [2.24, 2.45) is 0 Å². The highest BCUT2D eigenvalue weighted by molar-refractivity contribution is 5.85. The number of hydrogen-bond acceptors (Lipinski definition) is 3. The molecule has 1 N–H and O–H groups in total. The van der Waals surface area contributed by atoms with Gasteiger partial charge in [-0.25, -0.2) is 4.39 Å². The SMILES string of the molecule is COc1ccccc1CN(CCc1c[nH]c2ccccc12)C(=O)CN(Cc1ccc(F)cc1)C(=O)CCc1ccccc1. The number of para-hydroxylation sites is 2. The van der Waals surface area contributed by atoms with Gasteiger partial charge in [-0.05, 0) is 53.8 Å². The second-order valence-corrected chi connectivity index (χ2v) is 10.6. The third-order valence-corrected chi connectivity index (χ3v) is 7.67. The topological polar surface area (TPSA) is 65.6 Å². The lowest BCUT2D eigenvalue weighted by atomic mass is 10.1. The molecule has 7 heteroatoms. The average molecular weight is 578 g/mol. The standard InChI is InChI=1S/C36H36FN3O3/c1-43-34-14-8-5-11-30(34)25-39(22-21-29-23-38-33-13-7-6-12-32(29)33)36(42)26-40(24-28-15-18-31(37)19-16-28)35(41)20-17-27-9-3-2-4-10-27/h2-16,18-19,23,38H,17,20-22,24-26H2,1H3. The summed E-state index contributed by atoms with van der Waals surface area (Å²) in [5, 5.41) is 1.13. The Kier molecular flexibility index (Phi) is 9.85. The average Bonchev–Trinajstić information content (AvgIpc) is 3.46. The highest BCUT2D eigenvalue weighted by Crippen LogP contribution is 2.22. The lowest BCUT2D eigenvalue weighted by Gasteiger charge is -2.28. The Morgan fingerprint density at radius 1 is 0.721 bits per heavy atom. The maximum absolute atomic E-state index is 14.0. The minimum atomic E-state index is -0.345. The van der Waals surface area contributed by atoms with E-state index in [1.54, 1.807) is 29.0 Å². The molecule has 1 heterocycles. The van der Waals surface area contributed by atoms with E-state index in [1.165, 1.54) is 12.1 Å². The highest BCUT2D eigenvalue weighted by atomic mass is 19.1. The van der Waals surface area contributed by atoms with Crippen LogP contribution in [0.25, 0.3) is 10.9 Å². The maximum Gasteiger partial charge on any atom is 0.242 e. The summed E-state index contributed by atoms with van der Waals surface area (Å²) in [6.45, 7) is 0.924. The van der Waals surface area contributed by atoms with E-state index < -0.39 is 0 Å². The fraction of sp³-hybridized carbons (Fsp3) is 0.222. The molecule has 0 unspecified atom stereocenters. The van der Waals surface area contributed by atoms with Crippen LogP contribution in [0.1, 0.15) is 28.7 Å². The van der Waals surface area contributed by atoms with Crippen LogP contribution in [-0.4, -0.2) is 46.8 Å². The van der Waals surface area contributed by atoms with Gasteiger partial charge in [0.15, 0.2) is 0 Å². The van der Waals surface area contributed by atoms with E-state index in [1.807, 2.05) is 79.0 Å². The molecule has 0 saturated heterocycles. The van der Waals surface area contributed by atoms with E-state index in [0.29, 0.717) is 31.7 Å². The van der Waals surface area contributed by atoms with Crippen molar-refractivity contribution in [1.29, 1.82) is 0 Å². The van der Waals surface area contributed by atoms with E-state index >= 15 is 0 Å². The van der Waals surface area contributed by atoms with Crippen LogP contribution in [0.4, 0.5) is 4.39 Å². The summed E-state index contributed by atoms with van der Waals surface area (Å²) in [6.07, 6.45) is 3.47. The molecule has 1 aromatic heterocycles. The van der Waals surface area contributed by atoms with Crippen molar-refractivity contribution in [2.45, 2.75) is 32.4 Å². The molecule has 0 aliphatic rings. The summed E-state index contributed by atoms with van der Waals surface area (Å²) < 4.78 is 19.2. The van der Waals surface area contributed by atoms with Gasteiger partial charge in [-0.15, -0.1) is 0 Å². The van der Waals surface area contributed by atoms with Crippen LogP contribution >= 0.6 is 0 Å². The van der Waals surface area contributed by atoms with Gasteiger partial charge in [0.1, 0.15) is 18.1 Å². The third-order valence-electron chi connectivity index (χ3n) is 7.67. The number of nitrogens with one attached hydrogen (secondary N) is 1. The zero-order valence-electron chi connectivity index (χ0n) is 24.3. The number of halogens is 1. The molecule has 5 aromatic rings. The minimum absolute atomic E-state index is 0.0893. The number of H-pyrrole nitrogens is 1. The summed E-state index contributed by atoms with van der Waals surface area (Å²) in [5.74, 6) is 0.0628. The Morgan fingerprint density at radius 2 is 1.44 bits per heavy atom. The number of hydrogen-bond donors (Lipinski definition) is 1. The van der Waals surface area contributed by atoms with Crippen LogP contribution in [0.15, 0.2) is 109 Å². The van der Waals surface area contributed by atoms with Crippen molar-refractivity contribution in [3.63, 3.8) is 0 Å². The largest absolute Gasteiger partial charge is 0.496 e. The molecule has 0 saturated carbocycles. The third kappa shape index (κ3) is 7.89. The van der Waals surface area contributed by atoms with E-state index in [4.69, 9.17) is 4.74 Å². The van der Waals surface area contributed by atoms with Crippen molar-refractivity contribution < 1.29 is 18.7 Å². The number of nitrogens with zero attached hydrogens (tertiary/aromatic N) is 2. The first-order valence-corrected chi connectivity index (χ1v) is 14.5. The molecular formula is C36H36FN3O3. The van der Waals surface area contributed by atoms with Gasteiger partial charge in [0.05, 0.1) is 7.11 Å². The van der Waals surface area contributed by atoms with Crippen molar-refractivity contribution in [3.05, 3.63) is 137 Å². The number of aromatic amines is 1. The second-order valence-electron chi connectivity index (χ2n) is 10.6. The summed E-state index contributed by atoms with van der Waals surface area (Å²) in [5.41, 5.74) is 4.88. The van der Waals surface area contributed by atoms with Crippen LogP contribution in [0, 0.1) is 5.82 Å². The lowest BCUT2D eigenvalue weighted by Crippen LogP contribution is -2.43. The molecule has 0 atom stereocenters. The van der Waals surface area contributed by atoms with Crippen molar-refractivity contribution in [3.8, 4) is 5.75 Å². The number of ether oxygens (including phenoxy) is 1. The van der Waals surface area contributed by atoms with Gasteiger partial charge in [0.25, 0.3) is 0 Å². The van der Waals surface area contributed by atoms with E-state index in [0.717, 1.165) is 33.2 Å². The van der Waals surface area contributed by atoms with E-state index in [2.05, 4.69) is 11.1 Å². The first-order valence-electron chi connectivity index (χ1n) is 14.5. The normalized spacial score (nSPS) is 10.9. The van der Waals surface area contributed by atoms with Crippen LogP contribution < -0.4 is 4.74 Å². The van der Waals surface area contributed by atoms with Gasteiger partial charge in [-0.1, -0.05) is 78.9 Å². The number of fused-ring (bicyclic) bond motifs is 1.